The van der Waals surface area contributed by atoms with Gasteiger partial charge in [0.15, 0.2) is 12.2 Å². The molecule has 19 heteroatoms. The molecule has 2 unspecified atom stereocenters. The van der Waals surface area contributed by atoms with Gasteiger partial charge in [0, 0.05) is 25.7 Å². The molecule has 0 fully saturated rings. The fourth-order valence-electron chi connectivity index (χ4n) is 11.2. The van der Waals surface area contributed by atoms with Crippen LogP contribution in [0, 0.1) is 23.7 Å². The summed E-state index contributed by atoms with van der Waals surface area (Å²) >= 11 is 0. The summed E-state index contributed by atoms with van der Waals surface area (Å²) in [5, 5.41) is 10.6. The van der Waals surface area contributed by atoms with Crippen LogP contribution in [-0.4, -0.2) is 96.7 Å². The van der Waals surface area contributed by atoms with Crippen LogP contribution in [0.5, 0.6) is 0 Å². The number of esters is 4. The molecular formula is C74H144O17P2. The predicted octanol–water partition coefficient (Wildman–Crippen LogP) is 21.3. The molecule has 0 amide bonds. The van der Waals surface area contributed by atoms with Gasteiger partial charge in [0.1, 0.15) is 19.3 Å². The summed E-state index contributed by atoms with van der Waals surface area (Å²) in [4.78, 5) is 72.7. The lowest BCUT2D eigenvalue weighted by Crippen LogP contribution is -2.30. The predicted molar refractivity (Wildman–Crippen MR) is 377 cm³/mol. The first-order valence-corrected chi connectivity index (χ1v) is 41.2. The fraction of sp³-hybridized carbons (Fsp3) is 0.946. The number of hydrogen-bond acceptors (Lipinski definition) is 15. The van der Waals surface area contributed by atoms with E-state index in [9.17, 15) is 43.2 Å². The minimum Gasteiger partial charge on any atom is -0.462 e. The van der Waals surface area contributed by atoms with Crippen LogP contribution in [0.1, 0.15) is 370 Å². The SMILES string of the molecule is CC(C)CCCCCCCCCCCCCCCCC(=O)OC[C@H](COP(=O)(O)OC[C@@H](O)COP(=O)(O)OC[C@@H](COC(=O)CCCCCCCCC(C)C)OC(=O)CCCCCCCCCCCCCCC(C)C)OC(=O)CCCCCCCCCCCC(C)C. The smallest absolute Gasteiger partial charge is 0.462 e. The molecule has 0 aliphatic carbocycles. The van der Waals surface area contributed by atoms with Crippen LogP contribution in [0.3, 0.4) is 0 Å². The molecule has 0 aliphatic rings. The molecule has 3 N–H and O–H groups in total. The van der Waals surface area contributed by atoms with Gasteiger partial charge in [-0.25, -0.2) is 9.13 Å². The molecule has 0 aromatic heterocycles. The number of phosphoric ester groups is 2. The summed E-state index contributed by atoms with van der Waals surface area (Å²) in [6.45, 7) is 14.1. The Bertz CT molecular complexity index is 1830. The zero-order valence-electron chi connectivity index (χ0n) is 60.9. The third-order valence-corrected chi connectivity index (χ3v) is 19.0. The Balaban J connectivity index is 5.22. The zero-order chi connectivity index (χ0) is 68.9. The molecule has 0 radical (unpaired) electrons. The lowest BCUT2D eigenvalue weighted by Gasteiger charge is -2.21. The monoisotopic (exact) mass is 1370 g/mol. The van der Waals surface area contributed by atoms with E-state index >= 15 is 0 Å². The lowest BCUT2D eigenvalue weighted by atomic mass is 10.0. The van der Waals surface area contributed by atoms with Crippen molar-refractivity contribution in [1.82, 2.24) is 0 Å². The first kappa shape index (κ1) is 91.1. The van der Waals surface area contributed by atoms with Gasteiger partial charge in [0.2, 0.25) is 0 Å². The van der Waals surface area contributed by atoms with Crippen LogP contribution in [0.4, 0.5) is 0 Å². The molecule has 0 aromatic rings. The maximum absolute atomic E-state index is 13.1. The molecule has 0 saturated heterocycles. The summed E-state index contributed by atoms with van der Waals surface area (Å²) in [5.41, 5.74) is 0. The molecule has 17 nitrogen and oxygen atoms in total. The summed E-state index contributed by atoms with van der Waals surface area (Å²) < 4.78 is 68.4. The van der Waals surface area contributed by atoms with E-state index in [0.29, 0.717) is 31.6 Å². The number of carbonyl (C=O) groups is 4. The Morgan fingerprint density at radius 1 is 0.269 bits per heavy atom. The van der Waals surface area contributed by atoms with Crippen molar-refractivity contribution in [3.05, 3.63) is 0 Å². The number of aliphatic hydroxyl groups is 1. The maximum Gasteiger partial charge on any atom is 0.472 e. The number of aliphatic hydroxyl groups excluding tert-OH is 1. The van der Waals surface area contributed by atoms with Crippen LogP contribution in [0.2, 0.25) is 0 Å². The van der Waals surface area contributed by atoms with Crippen LogP contribution in [0.25, 0.3) is 0 Å². The largest absolute Gasteiger partial charge is 0.472 e. The van der Waals surface area contributed by atoms with Gasteiger partial charge in [0.05, 0.1) is 26.4 Å². The molecule has 0 aromatic carbocycles. The van der Waals surface area contributed by atoms with Crippen molar-refractivity contribution in [1.29, 1.82) is 0 Å². The van der Waals surface area contributed by atoms with Gasteiger partial charge < -0.3 is 33.8 Å². The average Bonchev–Trinajstić information content (AvgIpc) is 3.72. The second kappa shape index (κ2) is 63.5. The molecule has 5 atom stereocenters. The highest BCUT2D eigenvalue weighted by atomic mass is 31.2. The van der Waals surface area contributed by atoms with E-state index in [4.69, 9.17) is 37.0 Å². The van der Waals surface area contributed by atoms with Crippen molar-refractivity contribution >= 4 is 39.5 Å². The highest BCUT2D eigenvalue weighted by molar-refractivity contribution is 7.47. The van der Waals surface area contributed by atoms with Gasteiger partial charge >= 0.3 is 39.5 Å². The van der Waals surface area contributed by atoms with E-state index in [2.05, 4.69) is 55.4 Å². The van der Waals surface area contributed by atoms with Gasteiger partial charge in [-0.1, -0.05) is 319 Å². The van der Waals surface area contributed by atoms with Crippen molar-refractivity contribution in [2.45, 2.75) is 388 Å². The Hall–Kier alpha value is -1.94. The van der Waals surface area contributed by atoms with Crippen molar-refractivity contribution in [2.75, 3.05) is 39.6 Å². The normalized spacial score (nSPS) is 14.2. The van der Waals surface area contributed by atoms with E-state index in [1.807, 2.05) is 0 Å². The molecule has 93 heavy (non-hydrogen) atoms. The minimum atomic E-state index is -4.96. The molecule has 552 valence electrons. The third-order valence-electron chi connectivity index (χ3n) is 17.1. The second-order valence-electron chi connectivity index (χ2n) is 28.6. The van der Waals surface area contributed by atoms with E-state index < -0.39 is 97.5 Å². The van der Waals surface area contributed by atoms with Crippen molar-refractivity contribution < 1.29 is 80.2 Å². The molecule has 0 aliphatic heterocycles. The Labute approximate surface area is 568 Å². The molecule has 0 saturated carbocycles. The van der Waals surface area contributed by atoms with Crippen LogP contribution in [0.15, 0.2) is 0 Å². The van der Waals surface area contributed by atoms with Crippen molar-refractivity contribution in [3.8, 4) is 0 Å². The first-order chi connectivity index (χ1) is 44.6. The number of carbonyl (C=O) groups excluding carboxylic acids is 4. The van der Waals surface area contributed by atoms with Crippen molar-refractivity contribution in [2.24, 2.45) is 23.7 Å². The van der Waals surface area contributed by atoms with Crippen molar-refractivity contribution in [3.63, 3.8) is 0 Å². The maximum atomic E-state index is 13.1. The second-order valence-corrected chi connectivity index (χ2v) is 31.5. The van der Waals surface area contributed by atoms with Gasteiger partial charge in [-0.05, 0) is 49.4 Å². The van der Waals surface area contributed by atoms with Gasteiger partial charge in [-0.2, -0.15) is 0 Å². The fourth-order valence-corrected chi connectivity index (χ4v) is 12.8. The Kier molecular flexibility index (Phi) is 62.2. The zero-order valence-corrected chi connectivity index (χ0v) is 62.7. The average molecular weight is 1370 g/mol. The molecule has 0 spiro atoms. The first-order valence-electron chi connectivity index (χ1n) is 38.2. The van der Waals surface area contributed by atoms with Gasteiger partial charge in [-0.3, -0.25) is 37.3 Å². The summed E-state index contributed by atoms with van der Waals surface area (Å²) in [7, 11) is -9.91. The van der Waals surface area contributed by atoms with Gasteiger partial charge in [-0.15, -0.1) is 0 Å². The number of hydrogen-bond donors (Lipinski definition) is 3. The van der Waals surface area contributed by atoms with E-state index in [0.717, 1.165) is 114 Å². The van der Waals surface area contributed by atoms with E-state index in [1.54, 1.807) is 0 Å². The molecule has 0 heterocycles. The summed E-state index contributed by atoms with van der Waals surface area (Å²) in [6, 6.07) is 0. The van der Waals surface area contributed by atoms with Crippen LogP contribution < -0.4 is 0 Å². The Morgan fingerprint density at radius 3 is 0.667 bits per heavy atom. The lowest BCUT2D eigenvalue weighted by molar-refractivity contribution is -0.161. The topological polar surface area (TPSA) is 237 Å². The quantitative estimate of drug-likeness (QED) is 0.0222. The standard InChI is InChI=1S/C74H144O17P2/c1-64(2)50-42-34-26-20-15-11-9-10-12-17-23-29-38-46-54-71(76)84-60-69(90-74(79)57-49-41-31-25-19-22-28-36-44-52-66(5)6)62-88-92(80,81)86-58-68(75)59-87-93(82,83)89-63-70(61-85-72(77)55-47-39-33-32-37-45-53-67(7)8)91-73(78)56-48-40-30-24-18-14-13-16-21-27-35-43-51-65(3)4/h64-70,75H,9-63H2,1-8H3,(H,80,81)(H,82,83)/t68-,69-,70-/m1/s1. The summed E-state index contributed by atoms with van der Waals surface area (Å²) in [5.74, 6) is 0.866. The van der Waals surface area contributed by atoms with E-state index in [-0.39, 0.29) is 25.7 Å². The number of unbranched alkanes of at least 4 members (excludes halogenated alkanes) is 37. The molecular weight excluding hydrogens is 1220 g/mol. The Morgan fingerprint density at radius 2 is 0.452 bits per heavy atom. The van der Waals surface area contributed by atoms with Crippen LogP contribution >= 0.6 is 15.6 Å². The third kappa shape index (κ3) is 68.4. The van der Waals surface area contributed by atoms with E-state index in [1.165, 1.54) is 167 Å². The number of rotatable bonds is 71. The molecule has 0 bridgehead atoms. The summed E-state index contributed by atoms with van der Waals surface area (Å²) in [6.07, 6.45) is 47.4. The highest BCUT2D eigenvalue weighted by Gasteiger charge is 2.30. The van der Waals surface area contributed by atoms with Gasteiger partial charge in [0.25, 0.3) is 0 Å². The number of ether oxygens (including phenoxy) is 4. The molecule has 0 rings (SSSR count). The number of phosphoric acid groups is 2. The minimum absolute atomic E-state index is 0.105. The highest BCUT2D eigenvalue weighted by Crippen LogP contribution is 2.45. The van der Waals surface area contributed by atoms with Crippen LogP contribution in [-0.2, 0) is 65.4 Å².